The van der Waals surface area contributed by atoms with Crippen molar-refractivity contribution in [3.05, 3.63) is 51.7 Å². The van der Waals surface area contributed by atoms with Gasteiger partial charge in [0.15, 0.2) is 0 Å². The van der Waals surface area contributed by atoms with E-state index in [4.69, 9.17) is 0 Å². The molecule has 3 nitrogen and oxygen atoms in total. The van der Waals surface area contributed by atoms with Crippen molar-refractivity contribution in [2.45, 2.75) is 89.3 Å². The molecule has 3 rings (SSSR count). The normalized spacial score (nSPS) is 19.8. The zero-order chi connectivity index (χ0) is 24.2. The third kappa shape index (κ3) is 3.55. The number of rotatable bonds is 7. The van der Waals surface area contributed by atoms with Gasteiger partial charge in [0, 0.05) is 24.2 Å². The number of hydrogen-bond donors (Lipinski definition) is 0. The minimum absolute atomic E-state index is 0.0343. The summed E-state index contributed by atoms with van der Waals surface area (Å²) < 4.78 is 59.6. The Kier molecular flexibility index (Phi) is 6.70. The van der Waals surface area contributed by atoms with Gasteiger partial charge in [0.25, 0.3) is 5.92 Å². The minimum atomic E-state index is -3.80. The lowest BCUT2D eigenvalue weighted by Gasteiger charge is -2.53. The van der Waals surface area contributed by atoms with Crippen molar-refractivity contribution in [3.8, 4) is 0 Å². The first-order valence-corrected chi connectivity index (χ1v) is 15.3. The molecule has 1 aromatic carbocycles. The molecule has 0 fully saturated rings. The molecule has 0 bridgehead atoms. The highest BCUT2D eigenvalue weighted by Crippen LogP contribution is 2.58. The van der Waals surface area contributed by atoms with Gasteiger partial charge in [0.1, 0.15) is 0 Å². The molecular weight excluding hydrogens is 444 g/mol. The van der Waals surface area contributed by atoms with E-state index in [1.165, 1.54) is 4.31 Å². The summed E-state index contributed by atoms with van der Waals surface area (Å²) in [5.74, 6) is -2.95. The third-order valence-electron chi connectivity index (χ3n) is 7.73. The van der Waals surface area contributed by atoms with E-state index in [1.54, 1.807) is 31.2 Å². The number of allylic oxidation sites excluding steroid dienone is 1. The Morgan fingerprint density at radius 3 is 1.91 bits per heavy atom. The Balaban J connectivity index is 2.26. The molecule has 178 valence electrons. The monoisotopic (exact) mass is 481 g/mol. The molecular formula is C25H37F2NO2SSi. The van der Waals surface area contributed by atoms with Gasteiger partial charge in [-0.3, -0.25) is 0 Å². The summed E-state index contributed by atoms with van der Waals surface area (Å²) in [6, 6.07) is 6.80. The maximum absolute atomic E-state index is 15.4. The minimum Gasteiger partial charge on any atom is -0.207 e. The summed E-state index contributed by atoms with van der Waals surface area (Å²) in [6.45, 7) is 16.5. The summed E-state index contributed by atoms with van der Waals surface area (Å²) in [5, 5.41) is 0.747. The highest BCUT2D eigenvalue weighted by atomic mass is 32.2. The standard InChI is InChI=1S/C25H37F2NO2SSi/c1-9-22-21-14-28(31(29,30)20-12-10-19(8)11-13-20)15-23(24(21)25(22,26)27)32(16(2)3,17(4)5)18(6)7/h10-13,16-18H,9,14-15H2,1-8H3. The van der Waals surface area contributed by atoms with Gasteiger partial charge < -0.3 is 0 Å². The number of alkyl halides is 2. The van der Waals surface area contributed by atoms with Crippen LogP contribution in [0.25, 0.3) is 0 Å². The van der Waals surface area contributed by atoms with Crippen molar-refractivity contribution in [2.24, 2.45) is 0 Å². The van der Waals surface area contributed by atoms with Crippen LogP contribution in [0.1, 0.15) is 60.5 Å². The second kappa shape index (κ2) is 8.48. The summed E-state index contributed by atoms with van der Waals surface area (Å²) >= 11 is 0. The Labute approximate surface area is 193 Å². The van der Waals surface area contributed by atoms with Crippen LogP contribution in [0.2, 0.25) is 16.6 Å². The van der Waals surface area contributed by atoms with Gasteiger partial charge in [-0.15, -0.1) is 0 Å². The van der Waals surface area contributed by atoms with Gasteiger partial charge in [-0.25, -0.2) is 8.42 Å². The molecule has 0 aromatic heterocycles. The van der Waals surface area contributed by atoms with E-state index in [9.17, 15) is 8.42 Å². The Morgan fingerprint density at radius 1 is 0.969 bits per heavy atom. The predicted molar refractivity (Wildman–Crippen MR) is 130 cm³/mol. The molecule has 32 heavy (non-hydrogen) atoms. The fourth-order valence-electron chi connectivity index (χ4n) is 6.52. The van der Waals surface area contributed by atoms with Crippen LogP contribution < -0.4 is 0 Å². The van der Waals surface area contributed by atoms with E-state index in [0.29, 0.717) is 5.57 Å². The van der Waals surface area contributed by atoms with Crippen molar-refractivity contribution in [3.63, 3.8) is 0 Å². The Morgan fingerprint density at radius 2 is 1.47 bits per heavy atom. The molecule has 0 unspecified atom stereocenters. The highest BCUT2D eigenvalue weighted by Gasteiger charge is 2.59. The Bertz CT molecular complexity index is 1030. The van der Waals surface area contributed by atoms with E-state index in [1.807, 2.05) is 6.92 Å². The van der Waals surface area contributed by atoms with Crippen LogP contribution in [0.15, 0.2) is 51.1 Å². The summed E-state index contributed by atoms with van der Waals surface area (Å²) in [5.41, 5.74) is 2.47. The maximum atomic E-state index is 15.4. The number of hydrogen-bond acceptors (Lipinski definition) is 2. The fourth-order valence-corrected chi connectivity index (χ4v) is 15.3. The molecule has 0 radical (unpaired) electrons. The van der Waals surface area contributed by atoms with Crippen LogP contribution in [0, 0.1) is 6.92 Å². The lowest BCUT2D eigenvalue weighted by molar-refractivity contribution is 0.0582. The van der Waals surface area contributed by atoms with Gasteiger partial charge in [-0.1, -0.05) is 71.4 Å². The van der Waals surface area contributed by atoms with Crippen molar-refractivity contribution in [1.82, 2.24) is 4.31 Å². The van der Waals surface area contributed by atoms with Crippen molar-refractivity contribution in [1.29, 1.82) is 0 Å². The van der Waals surface area contributed by atoms with E-state index < -0.39 is 24.0 Å². The molecule has 7 heteroatoms. The van der Waals surface area contributed by atoms with Crippen molar-refractivity contribution < 1.29 is 17.2 Å². The van der Waals surface area contributed by atoms with E-state index in [2.05, 4.69) is 41.5 Å². The third-order valence-corrected chi connectivity index (χ3v) is 16.7. The zero-order valence-electron chi connectivity index (χ0n) is 20.6. The average molecular weight is 482 g/mol. The largest absolute Gasteiger partial charge is 0.295 e. The molecule has 1 aliphatic carbocycles. The van der Waals surface area contributed by atoms with Gasteiger partial charge >= 0.3 is 0 Å². The van der Waals surface area contributed by atoms with Crippen LogP contribution in [0.3, 0.4) is 0 Å². The smallest absolute Gasteiger partial charge is 0.207 e. The van der Waals surface area contributed by atoms with Crippen molar-refractivity contribution >= 4 is 18.1 Å². The van der Waals surface area contributed by atoms with Gasteiger partial charge in [0.05, 0.1) is 13.0 Å². The van der Waals surface area contributed by atoms with Crippen molar-refractivity contribution in [2.75, 3.05) is 13.1 Å². The van der Waals surface area contributed by atoms with Gasteiger partial charge in [-0.2, -0.15) is 13.1 Å². The number of aryl methyl sites for hydroxylation is 1. The van der Waals surface area contributed by atoms with Crippen LogP contribution in [0.4, 0.5) is 8.78 Å². The first kappa shape index (κ1) is 25.3. The van der Waals surface area contributed by atoms with E-state index in [-0.39, 0.29) is 52.2 Å². The first-order valence-electron chi connectivity index (χ1n) is 11.6. The SMILES string of the molecule is CCC1=C2CN(S(=O)(=O)c3ccc(C)cc3)CC([Si](C(C)C)(C(C)C)C(C)C)=C2C1(F)F. The topological polar surface area (TPSA) is 37.4 Å². The number of sulfonamides is 1. The number of nitrogens with zero attached hydrogens (tertiary/aromatic N) is 1. The first-order chi connectivity index (χ1) is 14.7. The maximum Gasteiger partial charge on any atom is 0.295 e. The molecule has 2 aliphatic rings. The second-order valence-electron chi connectivity index (χ2n) is 10.2. The molecule has 0 N–H and O–H groups in total. The molecule has 1 aromatic rings. The zero-order valence-corrected chi connectivity index (χ0v) is 22.4. The molecule has 1 aliphatic heterocycles. The summed E-state index contributed by atoms with van der Waals surface area (Å²) in [7, 11) is -6.28. The van der Waals surface area contributed by atoms with Crippen LogP contribution in [0.5, 0.6) is 0 Å². The summed E-state index contributed by atoms with van der Waals surface area (Å²) in [6.07, 6.45) is 0.233. The summed E-state index contributed by atoms with van der Waals surface area (Å²) in [4.78, 5) is 0.224. The lowest BCUT2D eigenvalue weighted by atomic mass is 9.75. The van der Waals surface area contributed by atoms with Gasteiger partial charge in [0.2, 0.25) is 10.0 Å². The van der Waals surface area contributed by atoms with Crippen LogP contribution >= 0.6 is 0 Å². The lowest BCUT2D eigenvalue weighted by Crippen LogP contribution is -2.57. The molecule has 0 amide bonds. The highest BCUT2D eigenvalue weighted by molar-refractivity contribution is 7.89. The van der Waals surface area contributed by atoms with Crippen LogP contribution in [-0.2, 0) is 10.0 Å². The predicted octanol–water partition coefficient (Wildman–Crippen LogP) is 6.87. The number of halogens is 2. The molecule has 0 saturated carbocycles. The van der Waals surface area contributed by atoms with Crippen LogP contribution in [-0.4, -0.2) is 39.8 Å². The second-order valence-corrected chi connectivity index (χ2v) is 18.1. The molecule has 0 spiro atoms. The Hall–Kier alpha value is -1.31. The average Bonchev–Trinajstić information content (AvgIpc) is 2.67. The molecule has 0 saturated heterocycles. The van der Waals surface area contributed by atoms with E-state index in [0.717, 1.165) is 10.8 Å². The van der Waals surface area contributed by atoms with E-state index >= 15 is 8.78 Å². The fraction of sp³-hybridized carbons (Fsp3) is 0.600. The molecule has 1 heterocycles. The number of benzene rings is 1. The quantitative estimate of drug-likeness (QED) is 0.399. The van der Waals surface area contributed by atoms with Gasteiger partial charge in [-0.05, 0) is 47.7 Å². The molecule has 0 atom stereocenters. The number of fused-ring (bicyclic) bond motifs is 1.